The maximum absolute atomic E-state index is 11.3. The summed E-state index contributed by atoms with van der Waals surface area (Å²) in [7, 11) is -3.68. The molecule has 0 atom stereocenters. The summed E-state index contributed by atoms with van der Waals surface area (Å²) < 4.78 is 22.6. The zero-order valence-corrected chi connectivity index (χ0v) is 16.8. The molecule has 0 amide bonds. The summed E-state index contributed by atoms with van der Waals surface area (Å²) in [6.07, 6.45) is 0.671. The molecule has 0 saturated carbocycles. The third-order valence-electron chi connectivity index (χ3n) is 4.18. The first-order valence-corrected chi connectivity index (χ1v) is 10.4. The summed E-state index contributed by atoms with van der Waals surface area (Å²) in [6.45, 7) is 2.54. The molecule has 0 radical (unpaired) electrons. The van der Waals surface area contributed by atoms with Gasteiger partial charge in [0, 0.05) is 23.2 Å². The van der Waals surface area contributed by atoms with Gasteiger partial charge in [-0.25, -0.2) is 18.5 Å². The van der Waals surface area contributed by atoms with Crippen molar-refractivity contribution >= 4 is 33.4 Å². The van der Waals surface area contributed by atoms with Crippen molar-refractivity contribution in [3.63, 3.8) is 0 Å². The van der Waals surface area contributed by atoms with Crippen molar-refractivity contribution in [3.8, 4) is 11.3 Å². The molecule has 5 N–H and O–H groups in total. The van der Waals surface area contributed by atoms with Gasteiger partial charge in [0.15, 0.2) is 0 Å². The molecule has 3 rings (SSSR count). The highest BCUT2D eigenvalue weighted by Gasteiger charge is 2.09. The number of hydrogen-bond acceptors (Lipinski definition) is 6. The van der Waals surface area contributed by atoms with Gasteiger partial charge < -0.3 is 11.1 Å². The number of sulfonamides is 1. The molecule has 0 spiro atoms. The largest absolute Gasteiger partial charge is 0.370 e. The van der Waals surface area contributed by atoms with Crippen LogP contribution in [0, 0.1) is 6.92 Å². The van der Waals surface area contributed by atoms with Gasteiger partial charge in [0.1, 0.15) is 5.82 Å². The van der Waals surface area contributed by atoms with Crippen molar-refractivity contribution in [2.45, 2.75) is 18.2 Å². The Morgan fingerprint density at radius 3 is 2.43 bits per heavy atom. The van der Waals surface area contributed by atoms with Crippen molar-refractivity contribution in [1.82, 2.24) is 9.97 Å². The van der Waals surface area contributed by atoms with Crippen molar-refractivity contribution in [2.75, 3.05) is 17.6 Å². The van der Waals surface area contributed by atoms with Gasteiger partial charge in [0.2, 0.25) is 16.0 Å². The van der Waals surface area contributed by atoms with Gasteiger partial charge in [-0.15, -0.1) is 0 Å². The highest BCUT2D eigenvalue weighted by atomic mass is 35.5. The minimum absolute atomic E-state index is 0.0933. The van der Waals surface area contributed by atoms with Gasteiger partial charge in [-0.3, -0.25) is 0 Å². The fraction of sp³-hybridized carbons (Fsp3) is 0.158. The second-order valence-corrected chi connectivity index (χ2v) is 8.32. The average molecular weight is 418 g/mol. The van der Waals surface area contributed by atoms with E-state index in [1.807, 2.05) is 25.1 Å². The lowest BCUT2D eigenvalue weighted by Crippen LogP contribution is -2.12. The number of nitrogens with zero attached hydrogens (tertiary/aromatic N) is 2. The molecule has 7 nitrogen and oxygen atoms in total. The topological polar surface area (TPSA) is 124 Å². The number of rotatable bonds is 6. The van der Waals surface area contributed by atoms with Crippen molar-refractivity contribution < 1.29 is 8.42 Å². The number of aryl methyl sites for hydroxylation is 1. The molecular weight excluding hydrogens is 398 g/mol. The Morgan fingerprint density at radius 1 is 1.07 bits per heavy atom. The van der Waals surface area contributed by atoms with Crippen LogP contribution in [0.3, 0.4) is 0 Å². The lowest BCUT2D eigenvalue weighted by atomic mass is 10.1. The Kier molecular flexibility index (Phi) is 5.83. The SMILES string of the molecule is Cc1cc(Cl)ccc1-c1cc(NCCc2ccc(S(N)(=O)=O)cc2)nc(N)n1. The van der Waals surface area contributed by atoms with E-state index in [1.54, 1.807) is 18.2 Å². The Bertz CT molecular complexity index is 1100. The Hall–Kier alpha value is -2.68. The van der Waals surface area contributed by atoms with E-state index >= 15 is 0 Å². The van der Waals surface area contributed by atoms with Crippen LogP contribution in [-0.2, 0) is 16.4 Å². The highest BCUT2D eigenvalue weighted by Crippen LogP contribution is 2.26. The van der Waals surface area contributed by atoms with E-state index in [9.17, 15) is 8.42 Å². The fourth-order valence-corrected chi connectivity index (χ4v) is 3.53. The van der Waals surface area contributed by atoms with Gasteiger partial charge >= 0.3 is 0 Å². The average Bonchev–Trinajstić information content (AvgIpc) is 2.61. The summed E-state index contributed by atoms with van der Waals surface area (Å²) in [5, 5.41) is 8.99. The smallest absolute Gasteiger partial charge is 0.238 e. The first-order valence-electron chi connectivity index (χ1n) is 8.49. The summed E-state index contributed by atoms with van der Waals surface area (Å²) >= 11 is 6.02. The van der Waals surface area contributed by atoms with E-state index in [-0.39, 0.29) is 10.8 Å². The van der Waals surface area contributed by atoms with Crippen LogP contribution in [0.25, 0.3) is 11.3 Å². The molecule has 0 bridgehead atoms. The third-order valence-corrected chi connectivity index (χ3v) is 5.34. The van der Waals surface area contributed by atoms with Crippen molar-refractivity contribution in [3.05, 3.63) is 64.7 Å². The summed E-state index contributed by atoms with van der Waals surface area (Å²) in [5.74, 6) is 0.782. The van der Waals surface area contributed by atoms with Gasteiger partial charge in [0.05, 0.1) is 10.6 Å². The second-order valence-electron chi connectivity index (χ2n) is 6.32. The molecule has 9 heteroatoms. The van der Waals surface area contributed by atoms with Crippen LogP contribution in [0.15, 0.2) is 53.4 Å². The van der Waals surface area contributed by atoms with Crippen LogP contribution in [0.5, 0.6) is 0 Å². The van der Waals surface area contributed by atoms with E-state index in [0.29, 0.717) is 29.5 Å². The monoisotopic (exact) mass is 417 g/mol. The lowest BCUT2D eigenvalue weighted by molar-refractivity contribution is 0.598. The van der Waals surface area contributed by atoms with E-state index in [2.05, 4.69) is 15.3 Å². The van der Waals surface area contributed by atoms with Crippen LogP contribution in [0.4, 0.5) is 11.8 Å². The van der Waals surface area contributed by atoms with Crippen LogP contribution < -0.4 is 16.2 Å². The van der Waals surface area contributed by atoms with Gasteiger partial charge in [0.25, 0.3) is 0 Å². The molecule has 1 aromatic heterocycles. The minimum Gasteiger partial charge on any atom is -0.370 e. The lowest BCUT2D eigenvalue weighted by Gasteiger charge is -2.10. The number of halogens is 1. The molecule has 0 aliphatic rings. The number of anilines is 2. The Labute approximate surface area is 168 Å². The maximum atomic E-state index is 11.3. The van der Waals surface area contributed by atoms with Crippen molar-refractivity contribution in [1.29, 1.82) is 0 Å². The molecule has 28 heavy (non-hydrogen) atoms. The number of nitrogens with two attached hydrogens (primary N) is 2. The highest BCUT2D eigenvalue weighted by molar-refractivity contribution is 7.89. The molecule has 3 aromatic rings. The predicted octanol–water partition coefficient (Wildman–Crippen LogP) is 2.99. The summed E-state index contributed by atoms with van der Waals surface area (Å²) in [5.41, 5.74) is 9.46. The number of aromatic nitrogens is 2. The third kappa shape index (κ3) is 4.98. The first-order chi connectivity index (χ1) is 13.2. The van der Waals surface area contributed by atoms with E-state index < -0.39 is 10.0 Å². The predicted molar refractivity (Wildman–Crippen MR) is 112 cm³/mol. The molecule has 0 unspecified atom stereocenters. The van der Waals surface area contributed by atoms with E-state index in [4.69, 9.17) is 22.5 Å². The zero-order chi connectivity index (χ0) is 20.3. The van der Waals surface area contributed by atoms with E-state index in [0.717, 1.165) is 16.7 Å². The second kappa shape index (κ2) is 8.14. The molecular formula is C19H20ClN5O2S. The number of hydrogen-bond donors (Lipinski definition) is 3. The van der Waals surface area contributed by atoms with Gasteiger partial charge in [-0.1, -0.05) is 29.8 Å². The van der Waals surface area contributed by atoms with E-state index in [1.165, 1.54) is 12.1 Å². The number of nitrogen functional groups attached to an aromatic ring is 1. The number of primary sulfonamides is 1. The molecule has 0 aliphatic heterocycles. The normalized spacial score (nSPS) is 11.4. The quantitative estimate of drug-likeness (QED) is 0.566. The van der Waals surface area contributed by atoms with Crippen LogP contribution in [-0.4, -0.2) is 24.9 Å². The van der Waals surface area contributed by atoms with Crippen LogP contribution in [0.1, 0.15) is 11.1 Å². The zero-order valence-electron chi connectivity index (χ0n) is 15.2. The summed E-state index contributed by atoms with van der Waals surface area (Å²) in [6, 6.07) is 13.9. The minimum atomic E-state index is -3.68. The molecule has 0 aliphatic carbocycles. The van der Waals surface area contributed by atoms with Gasteiger partial charge in [-0.2, -0.15) is 4.98 Å². The summed E-state index contributed by atoms with van der Waals surface area (Å²) in [4.78, 5) is 8.62. The molecule has 0 fully saturated rings. The van der Waals surface area contributed by atoms with Crippen LogP contribution in [0.2, 0.25) is 5.02 Å². The first kappa shape index (κ1) is 20.1. The Morgan fingerprint density at radius 2 is 1.79 bits per heavy atom. The van der Waals surface area contributed by atoms with Crippen LogP contribution >= 0.6 is 11.6 Å². The Balaban J connectivity index is 1.70. The molecule has 0 saturated heterocycles. The number of nitrogens with one attached hydrogen (secondary N) is 1. The number of benzene rings is 2. The maximum Gasteiger partial charge on any atom is 0.238 e. The molecule has 1 heterocycles. The molecule has 2 aromatic carbocycles. The van der Waals surface area contributed by atoms with Gasteiger partial charge in [-0.05, 0) is 48.7 Å². The standard InChI is InChI=1S/C19H20ClN5O2S/c1-12-10-14(20)4-7-16(12)17-11-18(25-19(21)24-17)23-9-8-13-2-5-15(6-3-13)28(22,26)27/h2-7,10-11H,8-9H2,1H3,(H2,22,26,27)(H3,21,23,24,25). The fourth-order valence-electron chi connectivity index (χ4n) is 2.79. The van der Waals surface area contributed by atoms with Crippen molar-refractivity contribution in [2.24, 2.45) is 5.14 Å². The molecule has 146 valence electrons.